The lowest BCUT2D eigenvalue weighted by molar-refractivity contribution is 0.596. The largest absolute Gasteiger partial charge is 0.339 e. The van der Waals surface area contributed by atoms with E-state index < -0.39 is 11.1 Å². The van der Waals surface area contributed by atoms with Crippen LogP contribution in [0.4, 0.5) is 0 Å². The van der Waals surface area contributed by atoms with Gasteiger partial charge in [0.05, 0.1) is 0 Å². The molecule has 0 unspecified atom stereocenters. The minimum absolute atomic E-state index is 0.382. The SMILES string of the molecule is Cn1[nH]c(=O)c(=O)nc1Sc1cc(Br)ccc1CN. The first kappa shape index (κ1) is 14.0. The second-order valence-corrected chi connectivity index (χ2v) is 5.68. The van der Waals surface area contributed by atoms with E-state index in [1.165, 1.54) is 16.4 Å². The zero-order valence-electron chi connectivity index (χ0n) is 10.0. The van der Waals surface area contributed by atoms with Crippen LogP contribution < -0.4 is 16.9 Å². The molecule has 3 N–H and O–H groups in total. The highest BCUT2D eigenvalue weighted by atomic mass is 79.9. The van der Waals surface area contributed by atoms with Gasteiger partial charge in [0, 0.05) is 23.0 Å². The van der Waals surface area contributed by atoms with Gasteiger partial charge in [0.2, 0.25) is 0 Å². The van der Waals surface area contributed by atoms with Crippen molar-refractivity contribution in [1.29, 1.82) is 0 Å². The predicted molar refractivity (Wildman–Crippen MR) is 76.3 cm³/mol. The summed E-state index contributed by atoms with van der Waals surface area (Å²) in [6, 6.07) is 5.69. The zero-order valence-corrected chi connectivity index (χ0v) is 12.4. The quantitative estimate of drug-likeness (QED) is 0.806. The Morgan fingerprint density at radius 2 is 2.21 bits per heavy atom. The molecule has 0 radical (unpaired) electrons. The fraction of sp³-hybridized carbons (Fsp3) is 0.182. The second-order valence-electron chi connectivity index (χ2n) is 3.76. The molecule has 0 saturated carbocycles. The van der Waals surface area contributed by atoms with Crippen LogP contribution in [-0.2, 0) is 13.6 Å². The van der Waals surface area contributed by atoms with E-state index in [1.807, 2.05) is 18.2 Å². The summed E-state index contributed by atoms with van der Waals surface area (Å²) in [5.41, 5.74) is 5.07. The Balaban J connectivity index is 2.47. The molecule has 0 amide bonds. The monoisotopic (exact) mass is 342 g/mol. The van der Waals surface area contributed by atoms with Gasteiger partial charge in [-0.2, -0.15) is 4.98 Å². The summed E-state index contributed by atoms with van der Waals surface area (Å²) in [5, 5.41) is 2.80. The molecule has 0 atom stereocenters. The van der Waals surface area contributed by atoms with Crippen molar-refractivity contribution in [1.82, 2.24) is 14.8 Å². The summed E-state index contributed by atoms with van der Waals surface area (Å²) < 4.78 is 2.32. The molecule has 19 heavy (non-hydrogen) atoms. The third-order valence-electron chi connectivity index (χ3n) is 2.40. The molecule has 2 aromatic rings. The highest BCUT2D eigenvalue weighted by Crippen LogP contribution is 2.30. The number of hydrogen-bond donors (Lipinski definition) is 2. The van der Waals surface area contributed by atoms with Crippen LogP contribution in [0.25, 0.3) is 0 Å². The van der Waals surface area contributed by atoms with Crippen molar-refractivity contribution in [3.63, 3.8) is 0 Å². The number of nitrogens with one attached hydrogen (secondary N) is 1. The van der Waals surface area contributed by atoms with Crippen LogP contribution in [0.15, 0.2) is 42.3 Å². The van der Waals surface area contributed by atoms with E-state index in [9.17, 15) is 9.59 Å². The Kier molecular flexibility index (Phi) is 4.23. The highest BCUT2D eigenvalue weighted by Gasteiger charge is 2.09. The molecule has 6 nitrogen and oxygen atoms in total. The van der Waals surface area contributed by atoms with Gasteiger partial charge in [0.1, 0.15) is 0 Å². The molecule has 1 aromatic carbocycles. The summed E-state index contributed by atoms with van der Waals surface area (Å²) in [4.78, 5) is 27.0. The maximum absolute atomic E-state index is 11.3. The summed E-state index contributed by atoms with van der Waals surface area (Å²) in [6.45, 7) is 0.382. The molecule has 0 aliphatic rings. The number of aryl methyl sites for hydroxylation is 1. The lowest BCUT2D eigenvalue weighted by Gasteiger charge is -2.09. The molecule has 0 aliphatic heterocycles. The molecule has 1 aromatic heterocycles. The molecule has 1 heterocycles. The van der Waals surface area contributed by atoms with Crippen LogP contribution in [0.5, 0.6) is 0 Å². The molecular weight excluding hydrogens is 332 g/mol. The third kappa shape index (κ3) is 3.14. The van der Waals surface area contributed by atoms with Gasteiger partial charge < -0.3 is 5.73 Å². The summed E-state index contributed by atoms with van der Waals surface area (Å²) in [5.74, 6) is 0. The first-order valence-corrected chi connectivity index (χ1v) is 6.96. The van der Waals surface area contributed by atoms with Crippen molar-refractivity contribution in [3.05, 3.63) is 48.9 Å². The van der Waals surface area contributed by atoms with Gasteiger partial charge in [-0.05, 0) is 29.5 Å². The van der Waals surface area contributed by atoms with Crippen molar-refractivity contribution < 1.29 is 0 Å². The maximum atomic E-state index is 11.3. The number of rotatable bonds is 3. The number of nitrogens with zero attached hydrogens (tertiary/aromatic N) is 2. The van der Waals surface area contributed by atoms with E-state index in [0.29, 0.717) is 11.7 Å². The average Bonchev–Trinajstić information content (AvgIpc) is 2.36. The topological polar surface area (TPSA) is 93.8 Å². The minimum atomic E-state index is -0.801. The van der Waals surface area contributed by atoms with Gasteiger partial charge in [-0.1, -0.05) is 22.0 Å². The van der Waals surface area contributed by atoms with Gasteiger partial charge in [0.15, 0.2) is 5.16 Å². The van der Waals surface area contributed by atoms with Gasteiger partial charge in [-0.25, -0.2) is 0 Å². The van der Waals surface area contributed by atoms with Crippen LogP contribution in [0.2, 0.25) is 0 Å². The second kappa shape index (κ2) is 5.72. The van der Waals surface area contributed by atoms with Crippen molar-refractivity contribution in [2.45, 2.75) is 16.6 Å². The van der Waals surface area contributed by atoms with Gasteiger partial charge >= 0.3 is 11.1 Å². The van der Waals surface area contributed by atoms with E-state index in [2.05, 4.69) is 26.0 Å². The number of hydrogen-bond acceptors (Lipinski definition) is 5. The fourth-order valence-electron chi connectivity index (χ4n) is 1.44. The number of nitrogens with two attached hydrogens (primary N) is 1. The molecule has 0 aliphatic carbocycles. The van der Waals surface area contributed by atoms with Crippen molar-refractivity contribution in [3.8, 4) is 0 Å². The molecule has 0 spiro atoms. The Hall–Kier alpha value is -1.38. The molecule has 8 heteroatoms. The molecule has 0 saturated heterocycles. The lowest BCUT2D eigenvalue weighted by atomic mass is 10.2. The summed E-state index contributed by atoms with van der Waals surface area (Å²) in [6.07, 6.45) is 0. The van der Waals surface area contributed by atoms with Gasteiger partial charge in [0.25, 0.3) is 0 Å². The maximum Gasteiger partial charge on any atom is 0.339 e. The van der Waals surface area contributed by atoms with Crippen molar-refractivity contribution in [2.75, 3.05) is 0 Å². The third-order valence-corrected chi connectivity index (χ3v) is 4.04. The molecule has 2 rings (SSSR count). The number of aromatic amines is 1. The fourth-order valence-corrected chi connectivity index (χ4v) is 2.93. The molecule has 0 fully saturated rings. The number of benzene rings is 1. The average molecular weight is 343 g/mol. The standard InChI is InChI=1S/C11H11BrN4O2S/c1-16-11(14-9(17)10(18)15-16)19-8-4-7(12)3-2-6(8)5-13/h2-4H,5,13H2,1H3,(H,15,18). The van der Waals surface area contributed by atoms with Crippen LogP contribution in [0.3, 0.4) is 0 Å². The Morgan fingerprint density at radius 1 is 1.47 bits per heavy atom. The number of H-pyrrole nitrogens is 1. The normalized spacial score (nSPS) is 10.7. The Morgan fingerprint density at radius 3 is 2.89 bits per heavy atom. The Bertz CT molecular complexity index is 725. The highest BCUT2D eigenvalue weighted by molar-refractivity contribution is 9.10. The molecule has 100 valence electrons. The van der Waals surface area contributed by atoms with E-state index in [4.69, 9.17) is 5.73 Å². The van der Waals surface area contributed by atoms with Gasteiger partial charge in [-0.3, -0.25) is 19.4 Å². The summed E-state index contributed by atoms with van der Waals surface area (Å²) >= 11 is 4.66. The van der Waals surface area contributed by atoms with Gasteiger partial charge in [-0.15, -0.1) is 0 Å². The minimum Gasteiger partial charge on any atom is -0.326 e. The van der Waals surface area contributed by atoms with Crippen LogP contribution in [-0.4, -0.2) is 14.8 Å². The van der Waals surface area contributed by atoms with E-state index in [1.54, 1.807) is 7.05 Å². The smallest absolute Gasteiger partial charge is 0.326 e. The van der Waals surface area contributed by atoms with Crippen molar-refractivity contribution in [2.24, 2.45) is 12.8 Å². The number of halogens is 1. The molecule has 0 bridgehead atoms. The predicted octanol–water partition coefficient (Wildman–Crippen LogP) is 0.841. The van der Waals surface area contributed by atoms with Crippen LogP contribution in [0, 0.1) is 0 Å². The van der Waals surface area contributed by atoms with E-state index >= 15 is 0 Å². The van der Waals surface area contributed by atoms with Crippen LogP contribution in [0.1, 0.15) is 5.56 Å². The van der Waals surface area contributed by atoms with Crippen molar-refractivity contribution >= 4 is 27.7 Å². The first-order valence-electron chi connectivity index (χ1n) is 5.35. The zero-order chi connectivity index (χ0) is 14.0. The van der Waals surface area contributed by atoms with E-state index in [0.717, 1.165) is 14.9 Å². The van der Waals surface area contributed by atoms with Crippen LogP contribution >= 0.6 is 27.7 Å². The summed E-state index contributed by atoms with van der Waals surface area (Å²) in [7, 11) is 1.62. The lowest BCUT2D eigenvalue weighted by Crippen LogP contribution is -2.33. The molecular formula is C11H11BrN4O2S. The first-order chi connectivity index (χ1) is 9.01. The number of aromatic nitrogens is 3. The van der Waals surface area contributed by atoms with E-state index in [-0.39, 0.29) is 0 Å². The Labute approximate surface area is 121 Å².